The van der Waals surface area contributed by atoms with Gasteiger partial charge in [0, 0.05) is 4.88 Å². The van der Waals surface area contributed by atoms with E-state index in [1.165, 1.54) is 25.6 Å². The molecule has 1 aromatic heterocycles. The van der Waals surface area contributed by atoms with Crippen molar-refractivity contribution < 1.29 is 19.1 Å². The smallest absolute Gasteiger partial charge is 0.354 e. The van der Waals surface area contributed by atoms with Crippen LogP contribution in [0.1, 0.15) is 4.88 Å². The van der Waals surface area contributed by atoms with Crippen molar-refractivity contribution in [2.24, 2.45) is 0 Å². The SMILES string of the molecule is COC(=O)C=C(Nc1ccc(C)s1)C(=O)OC. The molecule has 0 aliphatic rings. The minimum absolute atomic E-state index is 0.0428. The van der Waals surface area contributed by atoms with E-state index in [0.29, 0.717) is 0 Å². The van der Waals surface area contributed by atoms with E-state index in [1.54, 1.807) is 0 Å². The Bertz CT molecular complexity index is 450. The Hall–Kier alpha value is -1.82. The summed E-state index contributed by atoms with van der Waals surface area (Å²) < 4.78 is 9.02. The van der Waals surface area contributed by atoms with Gasteiger partial charge in [-0.25, -0.2) is 9.59 Å². The molecule has 0 aromatic carbocycles. The Balaban J connectivity index is 2.88. The Morgan fingerprint density at radius 2 is 2.00 bits per heavy atom. The molecule has 5 nitrogen and oxygen atoms in total. The predicted octanol–water partition coefficient (Wildman–Crippen LogP) is 1.70. The van der Waals surface area contributed by atoms with E-state index in [-0.39, 0.29) is 5.70 Å². The molecular weight excluding hydrogens is 242 g/mol. The zero-order chi connectivity index (χ0) is 12.8. The minimum Gasteiger partial charge on any atom is -0.466 e. The molecule has 6 heteroatoms. The topological polar surface area (TPSA) is 64.6 Å². The fourth-order valence-electron chi connectivity index (χ4n) is 1.07. The number of anilines is 1. The average Bonchev–Trinajstić information content (AvgIpc) is 2.72. The maximum atomic E-state index is 11.4. The molecule has 0 unspecified atom stereocenters. The van der Waals surface area contributed by atoms with Crippen LogP contribution < -0.4 is 5.32 Å². The molecule has 17 heavy (non-hydrogen) atoms. The van der Waals surface area contributed by atoms with Gasteiger partial charge in [0.2, 0.25) is 0 Å². The highest BCUT2D eigenvalue weighted by molar-refractivity contribution is 7.16. The predicted molar refractivity (Wildman–Crippen MR) is 64.8 cm³/mol. The van der Waals surface area contributed by atoms with Crippen LogP contribution in [0.3, 0.4) is 0 Å². The molecule has 1 rings (SSSR count). The van der Waals surface area contributed by atoms with Gasteiger partial charge in [-0.15, -0.1) is 11.3 Å². The summed E-state index contributed by atoms with van der Waals surface area (Å²) >= 11 is 1.47. The zero-order valence-electron chi connectivity index (χ0n) is 9.77. The highest BCUT2D eigenvalue weighted by Gasteiger charge is 2.13. The van der Waals surface area contributed by atoms with Crippen molar-refractivity contribution in [3.05, 3.63) is 28.8 Å². The van der Waals surface area contributed by atoms with Crippen LogP contribution in [0.2, 0.25) is 0 Å². The summed E-state index contributed by atoms with van der Waals surface area (Å²) in [4.78, 5) is 23.6. The van der Waals surface area contributed by atoms with Gasteiger partial charge in [-0.3, -0.25) is 0 Å². The van der Waals surface area contributed by atoms with Gasteiger partial charge >= 0.3 is 11.9 Å². The molecule has 0 aliphatic carbocycles. The summed E-state index contributed by atoms with van der Waals surface area (Å²) in [5, 5.41) is 3.57. The highest BCUT2D eigenvalue weighted by atomic mass is 32.1. The second-order valence-electron chi connectivity index (χ2n) is 3.11. The van der Waals surface area contributed by atoms with Crippen LogP contribution in [-0.4, -0.2) is 26.2 Å². The Morgan fingerprint density at radius 3 is 2.47 bits per heavy atom. The van der Waals surface area contributed by atoms with Gasteiger partial charge in [0.15, 0.2) is 0 Å². The van der Waals surface area contributed by atoms with Crippen LogP contribution >= 0.6 is 11.3 Å². The summed E-state index contributed by atoms with van der Waals surface area (Å²) in [5.74, 6) is -1.24. The van der Waals surface area contributed by atoms with Gasteiger partial charge in [0.25, 0.3) is 0 Å². The lowest BCUT2D eigenvalue weighted by Gasteiger charge is -2.06. The summed E-state index contributed by atoms with van der Waals surface area (Å²) in [7, 11) is 2.48. The summed E-state index contributed by atoms with van der Waals surface area (Å²) in [6, 6.07) is 3.72. The van der Waals surface area contributed by atoms with Crippen molar-refractivity contribution in [2.45, 2.75) is 6.92 Å². The molecule has 1 aromatic rings. The van der Waals surface area contributed by atoms with Gasteiger partial charge in [-0.1, -0.05) is 0 Å². The van der Waals surface area contributed by atoms with E-state index < -0.39 is 11.9 Å². The van der Waals surface area contributed by atoms with Crippen molar-refractivity contribution in [1.29, 1.82) is 0 Å². The van der Waals surface area contributed by atoms with Crippen LogP contribution in [0, 0.1) is 6.92 Å². The lowest BCUT2D eigenvalue weighted by molar-refractivity contribution is -0.138. The van der Waals surface area contributed by atoms with Crippen LogP contribution in [0.25, 0.3) is 0 Å². The molecule has 0 atom stereocenters. The third-order valence-electron chi connectivity index (χ3n) is 1.87. The highest BCUT2D eigenvalue weighted by Crippen LogP contribution is 2.22. The lowest BCUT2D eigenvalue weighted by atomic mass is 10.4. The van der Waals surface area contributed by atoms with E-state index in [4.69, 9.17) is 0 Å². The first-order valence-corrected chi connectivity index (χ1v) is 5.60. The van der Waals surface area contributed by atoms with Crippen molar-refractivity contribution in [1.82, 2.24) is 0 Å². The molecule has 0 spiro atoms. The number of hydrogen-bond acceptors (Lipinski definition) is 6. The first kappa shape index (κ1) is 13.2. The standard InChI is InChI=1S/C11H13NO4S/c1-7-4-5-9(17-7)12-8(11(14)16-3)6-10(13)15-2/h4-6,12H,1-3H3. The maximum absolute atomic E-state index is 11.4. The number of hydrogen-bond donors (Lipinski definition) is 1. The maximum Gasteiger partial charge on any atom is 0.354 e. The average molecular weight is 255 g/mol. The van der Waals surface area contributed by atoms with Crippen LogP contribution in [0.4, 0.5) is 5.00 Å². The van der Waals surface area contributed by atoms with Crippen molar-refractivity contribution in [3.63, 3.8) is 0 Å². The fraction of sp³-hybridized carbons (Fsp3) is 0.273. The van der Waals surface area contributed by atoms with Crippen molar-refractivity contribution in [3.8, 4) is 0 Å². The largest absolute Gasteiger partial charge is 0.466 e. The number of nitrogens with one attached hydrogen (secondary N) is 1. The number of esters is 2. The van der Waals surface area contributed by atoms with Gasteiger partial charge in [0.05, 0.1) is 25.3 Å². The van der Waals surface area contributed by atoms with Gasteiger partial charge < -0.3 is 14.8 Å². The third-order valence-corrected chi connectivity index (χ3v) is 2.78. The zero-order valence-corrected chi connectivity index (χ0v) is 10.6. The number of rotatable bonds is 4. The molecular formula is C11H13NO4S. The Labute approximate surface area is 103 Å². The first-order valence-electron chi connectivity index (χ1n) is 4.78. The normalized spacial score (nSPS) is 10.9. The quantitative estimate of drug-likeness (QED) is 0.655. The number of thiophene rings is 1. The van der Waals surface area contributed by atoms with Crippen LogP contribution in [0.5, 0.6) is 0 Å². The van der Waals surface area contributed by atoms with Crippen LogP contribution in [-0.2, 0) is 19.1 Å². The number of methoxy groups -OCH3 is 2. The summed E-state index contributed by atoms with van der Waals surface area (Å²) in [6.45, 7) is 1.94. The van der Waals surface area contributed by atoms with Gasteiger partial charge in [0.1, 0.15) is 5.70 Å². The van der Waals surface area contributed by atoms with E-state index in [9.17, 15) is 9.59 Å². The lowest BCUT2D eigenvalue weighted by Crippen LogP contribution is -2.14. The Morgan fingerprint density at radius 1 is 1.29 bits per heavy atom. The molecule has 0 fully saturated rings. The molecule has 0 bridgehead atoms. The molecule has 0 saturated carbocycles. The summed E-state index contributed by atoms with van der Waals surface area (Å²) in [5.41, 5.74) is 0.0428. The molecule has 0 aliphatic heterocycles. The number of ether oxygens (including phenoxy) is 2. The Kier molecular flexibility index (Phi) is 4.71. The van der Waals surface area contributed by atoms with E-state index in [0.717, 1.165) is 16.0 Å². The summed E-state index contributed by atoms with van der Waals surface area (Å²) in [6.07, 6.45) is 1.06. The first-order chi connectivity index (χ1) is 8.06. The minimum atomic E-state index is -0.624. The molecule has 0 saturated heterocycles. The van der Waals surface area contributed by atoms with E-state index >= 15 is 0 Å². The molecule has 0 amide bonds. The monoisotopic (exact) mass is 255 g/mol. The number of carbonyl (C=O) groups is 2. The molecule has 1 heterocycles. The molecule has 92 valence electrons. The third kappa shape index (κ3) is 3.92. The van der Waals surface area contributed by atoms with Gasteiger partial charge in [-0.2, -0.15) is 0 Å². The fourth-order valence-corrected chi connectivity index (χ4v) is 1.85. The van der Waals surface area contributed by atoms with Crippen molar-refractivity contribution >= 4 is 28.3 Å². The molecule has 1 N–H and O–H groups in total. The number of aryl methyl sites for hydroxylation is 1. The van der Waals surface area contributed by atoms with Crippen molar-refractivity contribution in [2.75, 3.05) is 19.5 Å². The van der Waals surface area contributed by atoms with E-state index in [2.05, 4.69) is 14.8 Å². The van der Waals surface area contributed by atoms with E-state index in [1.807, 2.05) is 19.1 Å². The van der Waals surface area contributed by atoms with Crippen LogP contribution in [0.15, 0.2) is 23.9 Å². The van der Waals surface area contributed by atoms with Gasteiger partial charge in [-0.05, 0) is 19.1 Å². The molecule has 0 radical (unpaired) electrons. The number of carbonyl (C=O) groups excluding carboxylic acids is 2. The second-order valence-corrected chi connectivity index (χ2v) is 4.40. The second kappa shape index (κ2) is 6.05.